The van der Waals surface area contributed by atoms with Crippen molar-refractivity contribution < 1.29 is 4.21 Å². The van der Waals surface area contributed by atoms with Gasteiger partial charge in [-0.1, -0.05) is 36.5 Å². The van der Waals surface area contributed by atoms with Gasteiger partial charge in [-0.3, -0.25) is 4.21 Å². The first kappa shape index (κ1) is 15.3. The quantitative estimate of drug-likeness (QED) is 0.919. The van der Waals surface area contributed by atoms with Gasteiger partial charge < -0.3 is 5.73 Å². The highest BCUT2D eigenvalue weighted by atomic mass is 35.5. The molecule has 0 radical (unpaired) electrons. The summed E-state index contributed by atoms with van der Waals surface area (Å²) in [6.45, 7) is 2.79. The van der Waals surface area contributed by atoms with E-state index in [2.05, 4.69) is 6.92 Å². The van der Waals surface area contributed by atoms with E-state index in [0.29, 0.717) is 33.3 Å². The molecule has 1 aromatic carbocycles. The molecule has 106 valence electrons. The molecule has 0 spiro atoms. The Morgan fingerprint density at radius 2 is 2.11 bits per heavy atom. The summed E-state index contributed by atoms with van der Waals surface area (Å²) in [5.74, 6) is 0.904. The smallest absolute Gasteiger partial charge is 0.0592 e. The number of rotatable bonds is 3. The maximum Gasteiger partial charge on any atom is 0.0592 e. The summed E-state index contributed by atoms with van der Waals surface area (Å²) in [6.07, 6.45) is 3.16. The second kappa shape index (κ2) is 6.57. The maximum absolute atomic E-state index is 12.8. The Kier molecular flexibility index (Phi) is 5.29. The van der Waals surface area contributed by atoms with E-state index in [0.717, 1.165) is 12.8 Å². The molecule has 0 bridgehead atoms. The van der Waals surface area contributed by atoms with Crippen molar-refractivity contribution in [3.05, 3.63) is 28.2 Å². The predicted octanol–water partition coefficient (Wildman–Crippen LogP) is 3.86. The molecular formula is C14H19Cl2NOS. The lowest BCUT2D eigenvalue weighted by molar-refractivity contribution is 0.302. The fourth-order valence-corrected chi connectivity index (χ4v) is 5.23. The second-order valence-electron chi connectivity index (χ2n) is 5.32. The third-order valence-corrected chi connectivity index (χ3v) is 6.45. The van der Waals surface area contributed by atoms with Crippen LogP contribution in [0.1, 0.15) is 26.2 Å². The van der Waals surface area contributed by atoms with Gasteiger partial charge in [0.2, 0.25) is 0 Å². The van der Waals surface area contributed by atoms with Crippen LogP contribution in [0, 0.1) is 11.8 Å². The number of nitrogens with two attached hydrogens (primary N) is 1. The van der Waals surface area contributed by atoms with Crippen LogP contribution < -0.4 is 5.73 Å². The first-order valence-corrected chi connectivity index (χ1v) is 8.55. The van der Waals surface area contributed by atoms with Crippen molar-refractivity contribution in [3.63, 3.8) is 0 Å². The van der Waals surface area contributed by atoms with Crippen LogP contribution in [-0.4, -0.2) is 16.0 Å². The van der Waals surface area contributed by atoms with Crippen LogP contribution in [0.4, 0.5) is 0 Å². The molecule has 0 saturated heterocycles. The van der Waals surface area contributed by atoms with E-state index in [9.17, 15) is 4.21 Å². The molecule has 2 rings (SSSR count). The van der Waals surface area contributed by atoms with Gasteiger partial charge in [-0.05, 0) is 49.4 Å². The fraction of sp³-hybridized carbons (Fsp3) is 0.571. The molecule has 1 fully saturated rings. The zero-order valence-electron chi connectivity index (χ0n) is 10.9. The molecule has 1 saturated carbocycles. The van der Waals surface area contributed by atoms with Crippen molar-refractivity contribution in [2.75, 3.05) is 6.54 Å². The van der Waals surface area contributed by atoms with Crippen molar-refractivity contribution in [3.8, 4) is 0 Å². The van der Waals surface area contributed by atoms with E-state index in [1.807, 2.05) is 0 Å². The topological polar surface area (TPSA) is 43.1 Å². The minimum atomic E-state index is -1.14. The summed E-state index contributed by atoms with van der Waals surface area (Å²) in [5, 5.41) is 1.18. The Labute approximate surface area is 127 Å². The Bertz CT molecular complexity index is 481. The minimum Gasteiger partial charge on any atom is -0.330 e. The highest BCUT2D eigenvalue weighted by molar-refractivity contribution is 7.85. The summed E-state index contributed by atoms with van der Waals surface area (Å²) >= 11 is 12.1. The van der Waals surface area contributed by atoms with Crippen LogP contribution in [-0.2, 0) is 10.8 Å². The summed E-state index contributed by atoms with van der Waals surface area (Å²) in [4.78, 5) is 0.645. The van der Waals surface area contributed by atoms with E-state index < -0.39 is 10.8 Å². The van der Waals surface area contributed by atoms with Gasteiger partial charge in [-0.15, -0.1) is 0 Å². The molecular weight excluding hydrogens is 301 g/mol. The van der Waals surface area contributed by atoms with Crippen LogP contribution in [0.5, 0.6) is 0 Å². The lowest BCUT2D eigenvalue weighted by Crippen LogP contribution is -2.36. The van der Waals surface area contributed by atoms with E-state index in [1.165, 1.54) is 6.42 Å². The van der Waals surface area contributed by atoms with Crippen LogP contribution in [0.15, 0.2) is 23.1 Å². The average molecular weight is 320 g/mol. The summed E-state index contributed by atoms with van der Waals surface area (Å²) in [7, 11) is -1.14. The Balaban J connectivity index is 2.28. The van der Waals surface area contributed by atoms with Gasteiger partial charge in [0, 0.05) is 10.3 Å². The van der Waals surface area contributed by atoms with Crippen LogP contribution >= 0.6 is 23.2 Å². The van der Waals surface area contributed by atoms with Gasteiger partial charge in [-0.25, -0.2) is 0 Å². The normalized spacial score (nSPS) is 29.2. The number of hydrogen-bond acceptors (Lipinski definition) is 2. The first-order chi connectivity index (χ1) is 9.02. The Morgan fingerprint density at radius 3 is 2.79 bits per heavy atom. The van der Waals surface area contributed by atoms with Gasteiger partial charge in [0.1, 0.15) is 0 Å². The summed E-state index contributed by atoms with van der Waals surface area (Å²) in [6, 6.07) is 5.14. The third-order valence-electron chi connectivity index (χ3n) is 3.88. The largest absolute Gasteiger partial charge is 0.330 e. The van der Waals surface area contributed by atoms with Gasteiger partial charge in [-0.2, -0.15) is 0 Å². The molecule has 19 heavy (non-hydrogen) atoms. The Hall–Kier alpha value is -0.0900. The fourth-order valence-electron chi connectivity index (χ4n) is 2.72. The van der Waals surface area contributed by atoms with E-state index in [4.69, 9.17) is 28.9 Å². The number of benzene rings is 1. The van der Waals surface area contributed by atoms with Crippen molar-refractivity contribution in [1.82, 2.24) is 0 Å². The molecule has 0 aliphatic heterocycles. The molecule has 2 nitrogen and oxygen atoms in total. The zero-order valence-corrected chi connectivity index (χ0v) is 13.3. The van der Waals surface area contributed by atoms with Crippen molar-refractivity contribution in [1.29, 1.82) is 0 Å². The maximum atomic E-state index is 12.8. The van der Waals surface area contributed by atoms with Gasteiger partial charge >= 0.3 is 0 Å². The van der Waals surface area contributed by atoms with Gasteiger partial charge in [0.05, 0.1) is 20.7 Å². The molecule has 1 aliphatic carbocycles. The average Bonchev–Trinajstić information content (AvgIpc) is 2.40. The van der Waals surface area contributed by atoms with Gasteiger partial charge in [0.15, 0.2) is 0 Å². The lowest BCUT2D eigenvalue weighted by atomic mass is 9.82. The van der Waals surface area contributed by atoms with Crippen molar-refractivity contribution in [2.45, 2.75) is 36.3 Å². The molecule has 5 heteroatoms. The molecule has 2 N–H and O–H groups in total. The standard InChI is InChI=1S/C14H19Cl2NOS/c1-9-2-3-10(8-17)13(6-9)19(18)14-7-11(15)4-5-12(14)16/h4-5,7,9-10,13H,2-3,6,8,17H2,1H3. The van der Waals surface area contributed by atoms with Crippen LogP contribution in [0.2, 0.25) is 10.0 Å². The SMILES string of the molecule is CC1CCC(CN)C(S(=O)c2cc(Cl)ccc2Cl)C1. The molecule has 1 aromatic rings. The molecule has 4 unspecified atom stereocenters. The predicted molar refractivity (Wildman–Crippen MR) is 82.2 cm³/mol. The minimum absolute atomic E-state index is 0.0877. The zero-order chi connectivity index (χ0) is 14.0. The molecule has 0 amide bonds. The highest BCUT2D eigenvalue weighted by Crippen LogP contribution is 2.36. The monoisotopic (exact) mass is 319 g/mol. The second-order valence-corrected chi connectivity index (χ2v) is 7.81. The molecule has 0 aromatic heterocycles. The van der Waals surface area contributed by atoms with E-state index >= 15 is 0 Å². The lowest BCUT2D eigenvalue weighted by Gasteiger charge is -2.33. The van der Waals surface area contributed by atoms with Crippen molar-refractivity contribution in [2.24, 2.45) is 17.6 Å². The van der Waals surface area contributed by atoms with Crippen LogP contribution in [0.3, 0.4) is 0 Å². The number of hydrogen-bond donors (Lipinski definition) is 1. The van der Waals surface area contributed by atoms with Crippen molar-refractivity contribution >= 4 is 34.0 Å². The van der Waals surface area contributed by atoms with Crippen LogP contribution in [0.25, 0.3) is 0 Å². The first-order valence-electron chi connectivity index (χ1n) is 6.58. The third kappa shape index (κ3) is 3.52. The highest BCUT2D eigenvalue weighted by Gasteiger charge is 2.33. The van der Waals surface area contributed by atoms with E-state index in [1.54, 1.807) is 18.2 Å². The molecule has 1 aliphatic rings. The summed E-state index contributed by atoms with van der Waals surface area (Å²) in [5.41, 5.74) is 5.83. The molecule has 0 heterocycles. The number of halogens is 2. The summed E-state index contributed by atoms with van der Waals surface area (Å²) < 4.78 is 12.8. The van der Waals surface area contributed by atoms with Gasteiger partial charge in [0.25, 0.3) is 0 Å². The Morgan fingerprint density at radius 1 is 1.37 bits per heavy atom. The molecule has 4 atom stereocenters. The van der Waals surface area contributed by atoms with E-state index in [-0.39, 0.29) is 5.25 Å².